The fraction of sp³-hybridized carbons (Fsp3) is 0.644. The van der Waals surface area contributed by atoms with Crippen LogP contribution < -0.4 is 39.9 Å². The second kappa shape index (κ2) is 52.3. The second-order valence-electron chi connectivity index (χ2n) is 25.8. The van der Waals surface area contributed by atoms with Crippen molar-refractivity contribution in [2.24, 2.45) is 69.7 Å². The van der Waals surface area contributed by atoms with Crippen molar-refractivity contribution in [3.63, 3.8) is 0 Å². The zero-order valence-corrected chi connectivity index (χ0v) is 63.9. The Kier molecular flexibility index (Phi) is 44.8. The van der Waals surface area contributed by atoms with Crippen LogP contribution in [0, 0.1) is 33.1 Å². The van der Waals surface area contributed by atoms with E-state index in [4.69, 9.17) is 111 Å². The number of hydroxylamine groups is 2. The van der Waals surface area contributed by atoms with E-state index in [1.165, 1.54) is 31.9 Å². The molecule has 4 N–H and O–H groups in total. The minimum Gasteiger partial charge on any atom is -0.423 e. The molecule has 3 aromatic rings. The molecule has 34 heteroatoms. The Labute approximate surface area is 634 Å². The summed E-state index contributed by atoms with van der Waals surface area (Å²) in [5.41, 5.74) is 10.7. The predicted octanol–water partition coefficient (Wildman–Crippen LogP) is 9.56. The number of rotatable bonds is 65. The molecule has 587 valence electrons. The van der Waals surface area contributed by atoms with E-state index in [-0.39, 0.29) is 67.4 Å². The van der Waals surface area contributed by atoms with Crippen LogP contribution in [-0.2, 0) is 74.4 Å². The van der Waals surface area contributed by atoms with Crippen molar-refractivity contribution in [2.45, 2.75) is 113 Å². The predicted molar refractivity (Wildman–Crippen MR) is 402 cm³/mol. The Morgan fingerprint density at radius 2 is 1.12 bits per heavy atom. The maximum absolute atomic E-state index is 11.8. The molecule has 5 radical (unpaired) electrons. The first kappa shape index (κ1) is 91.6. The molecule has 1 aliphatic carbocycles. The second-order valence-corrected chi connectivity index (χ2v) is 25.8. The molecule has 4 rings (SSSR count). The molecule has 0 saturated heterocycles. The Balaban J connectivity index is 1.36. The summed E-state index contributed by atoms with van der Waals surface area (Å²) < 4.78 is 84.2. The summed E-state index contributed by atoms with van der Waals surface area (Å²) in [5, 5.41) is 29.4. The van der Waals surface area contributed by atoms with Gasteiger partial charge in [0.15, 0.2) is 29.2 Å². The Bertz CT molecular complexity index is 3210. The van der Waals surface area contributed by atoms with Crippen LogP contribution in [-0.4, -0.2) is 228 Å². The number of nitrogens with zero attached hydrogens (tertiary/aromatic N) is 9. The van der Waals surface area contributed by atoms with E-state index in [1.54, 1.807) is 61.5 Å². The number of benzene rings is 3. The average molecular weight is 1490 g/mol. The number of esters is 3. The standard InChI is InChI=1S/C73H112B3N12O19/c1-11-60(50-96-41-38-94-32-16-28-88(86-79-13-3)107-69-46-63(49-76)20-23-66(69)105-59(7)91)24-35-98-54-73(55-99-36-25-70(8,12-2)51-100-42-39-93-31-15-27-81-85-82-56(4)102-67-44-61(47-74)18-21-64(67)103-57(5)89)71(9,52-97-34-17-33-92-30-14-26-80-83-77)72(73,10)53-101-43-40-95-37-29-87(84-78)106-68-45-62(48-75)19-22-65(68)104-58(6)90/h11-12,18-23,44-46,49,56,60,78H,1-2,13-17,24-43,47-48,50-55H2,3-10H3,(H2,77,80)(H,81,82). The maximum atomic E-state index is 11.8. The van der Waals surface area contributed by atoms with E-state index < -0.39 is 45.8 Å². The van der Waals surface area contributed by atoms with Crippen LogP contribution in [0.5, 0.6) is 34.5 Å². The van der Waals surface area contributed by atoms with Gasteiger partial charge in [0.25, 0.3) is 0 Å². The summed E-state index contributed by atoms with van der Waals surface area (Å²) in [7, 11) is 17.4. The van der Waals surface area contributed by atoms with E-state index in [1.807, 2.05) is 19.1 Å². The van der Waals surface area contributed by atoms with Crippen molar-refractivity contribution >= 4 is 47.1 Å². The molecule has 0 aromatic heterocycles. The molecular formula is C73H112B3N12O19. The third-order valence-corrected chi connectivity index (χ3v) is 17.6. The van der Waals surface area contributed by atoms with Crippen LogP contribution in [0.3, 0.4) is 0 Å². The molecule has 6 unspecified atom stereocenters. The first-order chi connectivity index (χ1) is 51.7. The molecular weight excluding hydrogens is 1380 g/mol. The van der Waals surface area contributed by atoms with Crippen LogP contribution in [0.4, 0.5) is 0 Å². The normalized spacial score (nSPS) is 17.3. The van der Waals surface area contributed by atoms with Gasteiger partial charge in [0, 0.05) is 81.1 Å². The topological polar surface area (TPSA) is 354 Å². The monoisotopic (exact) mass is 1490 g/mol. The van der Waals surface area contributed by atoms with Crippen molar-refractivity contribution in [3.05, 3.63) is 96.6 Å². The van der Waals surface area contributed by atoms with Gasteiger partial charge in [-0.25, -0.2) is 0 Å². The number of carbonyl (C=O) groups excluding carboxylic acids is 3. The Hall–Kier alpha value is -7.79. The van der Waals surface area contributed by atoms with Crippen LogP contribution in [0.2, 0.25) is 0 Å². The van der Waals surface area contributed by atoms with Gasteiger partial charge in [-0.15, -0.1) is 18.3 Å². The Morgan fingerprint density at radius 1 is 0.607 bits per heavy atom. The average Bonchev–Trinajstić information content (AvgIpc) is 1.48. The molecule has 3 aromatic carbocycles. The largest absolute Gasteiger partial charge is 0.423 e. The zero-order chi connectivity index (χ0) is 78.0. The molecule has 0 bridgehead atoms. The zero-order valence-electron chi connectivity index (χ0n) is 63.9. The van der Waals surface area contributed by atoms with Gasteiger partial charge in [0.05, 0.1) is 101 Å². The van der Waals surface area contributed by atoms with Crippen molar-refractivity contribution in [2.75, 3.05) is 165 Å². The SMILES string of the molecule is [B]Cc1ccc(OC(C)=O)c(OC(C)NN=NCCCOCCOCC(C)(C=C)CCOCC2(COCCC(C=C)COCCOCCCN(N=NCC)Oc3cc(C=[B])ccc3OC(C)=O)C(C)(COCCCOCCCN=NN)C2(C)COCCOCCN(N=N)Oc2cc(C[B])ccc2OC(C)=O)c1. The summed E-state index contributed by atoms with van der Waals surface area (Å²) >= 11 is 0. The molecule has 0 amide bonds. The summed E-state index contributed by atoms with van der Waals surface area (Å²) in [6.07, 6.45) is 7.45. The van der Waals surface area contributed by atoms with Crippen molar-refractivity contribution in [1.82, 2.24) is 15.8 Å². The molecule has 0 spiro atoms. The number of nitrogens with one attached hydrogen (secondary N) is 2. The minimum atomic E-state index is -0.603. The first-order valence-corrected chi connectivity index (χ1v) is 36.2. The molecule has 1 fully saturated rings. The number of ether oxygens (including phenoxy) is 14. The number of hydrogen-bond donors (Lipinski definition) is 3. The van der Waals surface area contributed by atoms with Gasteiger partial charge in [-0.3, -0.25) is 15.0 Å². The smallest absolute Gasteiger partial charge is 0.308 e. The van der Waals surface area contributed by atoms with Gasteiger partial charge < -0.3 is 67.5 Å². The molecule has 1 aliphatic rings. The number of hydrogen-bond acceptors (Lipinski definition) is 27. The summed E-state index contributed by atoms with van der Waals surface area (Å²) in [6, 6.07) is 14.9. The van der Waals surface area contributed by atoms with Crippen molar-refractivity contribution < 1.29 is 90.4 Å². The third-order valence-electron chi connectivity index (χ3n) is 17.6. The van der Waals surface area contributed by atoms with Crippen LogP contribution in [0.1, 0.15) is 111 Å². The molecule has 6 atom stereocenters. The quantitative estimate of drug-likeness (QED) is 0.00544. The number of nitrogens with two attached hydrogens (primary N) is 1. The maximum Gasteiger partial charge on any atom is 0.308 e. The van der Waals surface area contributed by atoms with E-state index in [0.29, 0.717) is 195 Å². The van der Waals surface area contributed by atoms with Crippen LogP contribution in [0.25, 0.3) is 0 Å². The van der Waals surface area contributed by atoms with E-state index in [2.05, 4.69) is 75.6 Å². The van der Waals surface area contributed by atoms with Crippen molar-refractivity contribution in [1.29, 1.82) is 5.53 Å². The summed E-state index contributed by atoms with van der Waals surface area (Å²) in [6.45, 7) is 31.2. The van der Waals surface area contributed by atoms with Gasteiger partial charge in [-0.2, -0.15) is 15.8 Å². The molecule has 31 nitrogen and oxygen atoms in total. The molecule has 0 aliphatic heterocycles. The van der Waals surface area contributed by atoms with Gasteiger partial charge in [-0.05, 0) is 68.5 Å². The molecule has 107 heavy (non-hydrogen) atoms. The van der Waals surface area contributed by atoms with Gasteiger partial charge in [0.2, 0.25) is 0 Å². The number of carbonyl (C=O) groups is 3. The molecule has 0 heterocycles. The van der Waals surface area contributed by atoms with Gasteiger partial charge >= 0.3 is 154 Å². The van der Waals surface area contributed by atoms with E-state index >= 15 is 0 Å². The van der Waals surface area contributed by atoms with Gasteiger partial charge in [-0.1, -0.05) is 79.3 Å². The van der Waals surface area contributed by atoms with E-state index in [0.717, 1.165) is 16.3 Å². The first-order valence-electron chi connectivity index (χ1n) is 36.2. The van der Waals surface area contributed by atoms with Gasteiger partial charge in [0.1, 0.15) is 6.54 Å². The van der Waals surface area contributed by atoms with Crippen LogP contribution >= 0.6 is 0 Å². The summed E-state index contributed by atoms with van der Waals surface area (Å²) in [5.74, 6) is 6.43. The minimum absolute atomic E-state index is 0.0269. The Morgan fingerprint density at radius 3 is 1.72 bits per heavy atom. The van der Waals surface area contributed by atoms with Crippen LogP contribution in [0.15, 0.2) is 116 Å². The molecule has 1 saturated carbocycles. The van der Waals surface area contributed by atoms with E-state index in [9.17, 15) is 14.4 Å². The third kappa shape index (κ3) is 33.7. The summed E-state index contributed by atoms with van der Waals surface area (Å²) in [4.78, 5) is 47.0. The fourth-order valence-electron chi connectivity index (χ4n) is 11.1. The van der Waals surface area contributed by atoms with Crippen molar-refractivity contribution in [3.8, 4) is 34.5 Å². The fourth-order valence-corrected chi connectivity index (χ4v) is 11.1.